The first-order valence-corrected chi connectivity index (χ1v) is 5.48. The smallest absolute Gasteiger partial charge is 0.341 e. The van der Waals surface area contributed by atoms with Crippen molar-refractivity contribution >= 4 is 27.5 Å². The number of methoxy groups -OCH3 is 2. The molecule has 0 spiro atoms. The topological polar surface area (TPSA) is 35.5 Å². The van der Waals surface area contributed by atoms with Crippen LogP contribution in [-0.4, -0.2) is 20.2 Å². The van der Waals surface area contributed by atoms with Crippen LogP contribution in [0.15, 0.2) is 28.9 Å². The molecule has 0 radical (unpaired) electrons. The first-order valence-electron chi connectivity index (χ1n) is 4.68. The van der Waals surface area contributed by atoms with Crippen LogP contribution in [0.3, 0.4) is 0 Å². The highest BCUT2D eigenvalue weighted by Gasteiger charge is 2.15. The SMILES string of the molecule is CO/C=C(/C(=O)OC)c1cccc(Br)c1C. The van der Waals surface area contributed by atoms with E-state index in [1.54, 1.807) is 0 Å². The maximum Gasteiger partial charge on any atom is 0.341 e. The Kier molecular flexibility index (Phi) is 4.55. The van der Waals surface area contributed by atoms with Crippen molar-refractivity contribution in [2.45, 2.75) is 6.92 Å². The van der Waals surface area contributed by atoms with Gasteiger partial charge in [-0.05, 0) is 24.1 Å². The Balaban J connectivity index is 3.27. The summed E-state index contributed by atoms with van der Waals surface area (Å²) in [5.41, 5.74) is 2.17. The monoisotopic (exact) mass is 284 g/mol. The molecule has 0 amide bonds. The third-order valence-electron chi connectivity index (χ3n) is 2.20. The van der Waals surface area contributed by atoms with Gasteiger partial charge in [0.1, 0.15) is 5.57 Å². The molecular weight excluding hydrogens is 272 g/mol. The summed E-state index contributed by atoms with van der Waals surface area (Å²) in [4.78, 5) is 11.6. The van der Waals surface area contributed by atoms with E-state index in [0.29, 0.717) is 5.57 Å². The molecule has 86 valence electrons. The van der Waals surface area contributed by atoms with Gasteiger partial charge in [-0.25, -0.2) is 4.79 Å². The van der Waals surface area contributed by atoms with Crippen LogP contribution in [0.4, 0.5) is 0 Å². The highest BCUT2D eigenvalue weighted by atomic mass is 79.9. The maximum atomic E-state index is 11.6. The summed E-state index contributed by atoms with van der Waals surface area (Å²) in [7, 11) is 2.84. The number of esters is 1. The average molecular weight is 285 g/mol. The van der Waals surface area contributed by atoms with E-state index < -0.39 is 5.97 Å². The standard InChI is InChI=1S/C12H13BrO3/c1-8-9(5-4-6-11(8)13)10(7-15-2)12(14)16-3/h4-7H,1-3H3/b10-7+. The Hall–Kier alpha value is -1.29. The molecule has 1 aromatic carbocycles. The molecule has 0 saturated carbocycles. The number of carbonyl (C=O) groups is 1. The summed E-state index contributed by atoms with van der Waals surface area (Å²) in [5, 5.41) is 0. The summed E-state index contributed by atoms with van der Waals surface area (Å²) >= 11 is 3.42. The first kappa shape index (κ1) is 12.8. The summed E-state index contributed by atoms with van der Waals surface area (Å²) in [6.45, 7) is 1.92. The predicted octanol–water partition coefficient (Wildman–Crippen LogP) is 2.92. The fraction of sp³-hybridized carbons (Fsp3) is 0.250. The molecule has 0 saturated heterocycles. The van der Waals surface area contributed by atoms with Crippen molar-refractivity contribution in [3.63, 3.8) is 0 Å². The number of halogens is 1. The number of benzene rings is 1. The lowest BCUT2D eigenvalue weighted by Crippen LogP contribution is -2.06. The van der Waals surface area contributed by atoms with Crippen LogP contribution >= 0.6 is 15.9 Å². The van der Waals surface area contributed by atoms with E-state index in [1.165, 1.54) is 20.5 Å². The molecule has 1 rings (SSSR count). The molecule has 0 aromatic heterocycles. The lowest BCUT2D eigenvalue weighted by atomic mass is 10.0. The summed E-state index contributed by atoms with van der Waals surface area (Å²) < 4.78 is 10.6. The van der Waals surface area contributed by atoms with Crippen LogP contribution in [0.2, 0.25) is 0 Å². The van der Waals surface area contributed by atoms with Crippen LogP contribution < -0.4 is 0 Å². The Bertz CT molecular complexity index is 424. The van der Waals surface area contributed by atoms with E-state index in [1.807, 2.05) is 25.1 Å². The zero-order chi connectivity index (χ0) is 12.1. The fourth-order valence-electron chi connectivity index (χ4n) is 1.35. The van der Waals surface area contributed by atoms with Crippen molar-refractivity contribution in [2.24, 2.45) is 0 Å². The van der Waals surface area contributed by atoms with Gasteiger partial charge in [-0.2, -0.15) is 0 Å². The van der Waals surface area contributed by atoms with Crippen molar-refractivity contribution in [2.75, 3.05) is 14.2 Å². The number of rotatable bonds is 3. The van der Waals surface area contributed by atoms with Crippen molar-refractivity contribution in [1.82, 2.24) is 0 Å². The van der Waals surface area contributed by atoms with Gasteiger partial charge in [-0.15, -0.1) is 0 Å². The average Bonchev–Trinajstić information content (AvgIpc) is 2.29. The van der Waals surface area contributed by atoms with Crippen LogP contribution in [-0.2, 0) is 14.3 Å². The van der Waals surface area contributed by atoms with E-state index in [0.717, 1.165) is 15.6 Å². The van der Waals surface area contributed by atoms with Gasteiger partial charge in [0.25, 0.3) is 0 Å². The van der Waals surface area contributed by atoms with Gasteiger partial charge >= 0.3 is 5.97 Å². The molecule has 0 fully saturated rings. The second-order valence-electron chi connectivity index (χ2n) is 3.17. The second-order valence-corrected chi connectivity index (χ2v) is 4.03. The molecule has 0 atom stereocenters. The van der Waals surface area contributed by atoms with E-state index in [2.05, 4.69) is 15.9 Å². The van der Waals surface area contributed by atoms with E-state index in [4.69, 9.17) is 9.47 Å². The van der Waals surface area contributed by atoms with Gasteiger partial charge in [-0.3, -0.25) is 0 Å². The summed E-state index contributed by atoms with van der Waals surface area (Å²) in [6.07, 6.45) is 1.39. The van der Waals surface area contributed by atoms with E-state index >= 15 is 0 Å². The molecule has 0 N–H and O–H groups in total. The van der Waals surface area contributed by atoms with Crippen molar-refractivity contribution < 1.29 is 14.3 Å². The number of hydrogen-bond donors (Lipinski definition) is 0. The maximum absolute atomic E-state index is 11.6. The van der Waals surface area contributed by atoms with Gasteiger partial charge in [0.05, 0.1) is 20.5 Å². The zero-order valence-electron chi connectivity index (χ0n) is 9.41. The number of ether oxygens (including phenoxy) is 2. The second kappa shape index (κ2) is 5.70. The van der Waals surface area contributed by atoms with Gasteiger partial charge in [0.2, 0.25) is 0 Å². The van der Waals surface area contributed by atoms with Gasteiger partial charge < -0.3 is 9.47 Å². The minimum atomic E-state index is -0.414. The summed E-state index contributed by atoms with van der Waals surface area (Å²) in [6, 6.07) is 5.63. The quantitative estimate of drug-likeness (QED) is 0.486. The minimum absolute atomic E-state index is 0.406. The third-order valence-corrected chi connectivity index (χ3v) is 3.06. The molecular formula is C12H13BrO3. The van der Waals surface area contributed by atoms with Crippen molar-refractivity contribution in [1.29, 1.82) is 0 Å². The normalized spacial score (nSPS) is 11.1. The molecule has 0 aliphatic heterocycles. The highest BCUT2D eigenvalue weighted by molar-refractivity contribution is 9.10. The minimum Gasteiger partial charge on any atom is -0.503 e. The molecule has 0 bridgehead atoms. The molecule has 0 aliphatic carbocycles. The van der Waals surface area contributed by atoms with Gasteiger partial charge in [0.15, 0.2) is 0 Å². The molecule has 0 unspecified atom stereocenters. The van der Waals surface area contributed by atoms with Crippen molar-refractivity contribution in [3.05, 3.63) is 40.1 Å². The van der Waals surface area contributed by atoms with E-state index in [-0.39, 0.29) is 0 Å². The number of hydrogen-bond acceptors (Lipinski definition) is 3. The molecule has 0 heterocycles. The third kappa shape index (κ3) is 2.64. The largest absolute Gasteiger partial charge is 0.503 e. The molecule has 16 heavy (non-hydrogen) atoms. The fourth-order valence-corrected chi connectivity index (χ4v) is 1.71. The molecule has 0 aliphatic rings. The zero-order valence-corrected chi connectivity index (χ0v) is 11.0. The van der Waals surface area contributed by atoms with Gasteiger partial charge in [-0.1, -0.05) is 28.1 Å². The Morgan fingerprint density at radius 1 is 1.38 bits per heavy atom. The highest BCUT2D eigenvalue weighted by Crippen LogP contribution is 2.26. The first-order chi connectivity index (χ1) is 7.61. The van der Waals surface area contributed by atoms with E-state index in [9.17, 15) is 4.79 Å². The molecule has 3 nitrogen and oxygen atoms in total. The Morgan fingerprint density at radius 2 is 2.06 bits per heavy atom. The van der Waals surface area contributed by atoms with Crippen LogP contribution in [0, 0.1) is 6.92 Å². The molecule has 1 aromatic rings. The Morgan fingerprint density at radius 3 is 2.62 bits per heavy atom. The van der Waals surface area contributed by atoms with Crippen LogP contribution in [0.5, 0.6) is 0 Å². The predicted molar refractivity (Wildman–Crippen MR) is 65.9 cm³/mol. The Labute approximate surface area is 103 Å². The summed E-state index contributed by atoms with van der Waals surface area (Å²) in [5.74, 6) is -0.414. The van der Waals surface area contributed by atoms with Crippen molar-refractivity contribution in [3.8, 4) is 0 Å². The van der Waals surface area contributed by atoms with Crippen LogP contribution in [0.25, 0.3) is 5.57 Å². The number of carbonyl (C=O) groups excluding carboxylic acids is 1. The lowest BCUT2D eigenvalue weighted by Gasteiger charge is -2.09. The van der Waals surface area contributed by atoms with Gasteiger partial charge in [0, 0.05) is 4.47 Å². The van der Waals surface area contributed by atoms with Crippen LogP contribution in [0.1, 0.15) is 11.1 Å². The lowest BCUT2D eigenvalue weighted by molar-refractivity contribution is -0.133. The molecule has 4 heteroatoms.